The van der Waals surface area contributed by atoms with Crippen molar-refractivity contribution in [3.05, 3.63) is 95.6 Å². The van der Waals surface area contributed by atoms with Crippen molar-refractivity contribution in [3.8, 4) is 5.75 Å². The summed E-state index contributed by atoms with van der Waals surface area (Å²) in [5, 5.41) is 2.89. The number of aryl methyl sites for hydroxylation is 1. The standard InChI is InChI=1S/C25H26N2O3/c1-27(2)24(28)17-10-19-8-13-22(14-9-19)26-25(29)21-11-15-23(16-12-21)30-18-20-6-4-3-5-7-20/h3-9,11-16H,10,17-18H2,1-2H3,(H,26,29). The Morgan fingerprint density at radius 3 is 2.13 bits per heavy atom. The molecule has 0 aliphatic carbocycles. The number of hydrogen-bond acceptors (Lipinski definition) is 3. The second-order valence-corrected chi connectivity index (χ2v) is 7.24. The number of benzene rings is 3. The zero-order valence-corrected chi connectivity index (χ0v) is 17.3. The van der Waals surface area contributed by atoms with Gasteiger partial charge in [-0.25, -0.2) is 0 Å². The van der Waals surface area contributed by atoms with E-state index in [1.54, 1.807) is 43.3 Å². The van der Waals surface area contributed by atoms with Gasteiger partial charge in [-0.05, 0) is 53.9 Å². The fourth-order valence-corrected chi connectivity index (χ4v) is 2.88. The number of rotatable bonds is 8. The number of carbonyl (C=O) groups is 2. The minimum atomic E-state index is -0.180. The molecular weight excluding hydrogens is 376 g/mol. The van der Waals surface area contributed by atoms with Crippen LogP contribution >= 0.6 is 0 Å². The van der Waals surface area contributed by atoms with Crippen LogP contribution in [0.2, 0.25) is 0 Å². The molecule has 3 rings (SSSR count). The minimum absolute atomic E-state index is 0.101. The van der Waals surface area contributed by atoms with E-state index in [0.29, 0.717) is 36.4 Å². The van der Waals surface area contributed by atoms with Gasteiger partial charge in [0.25, 0.3) is 5.91 Å². The average molecular weight is 402 g/mol. The van der Waals surface area contributed by atoms with Gasteiger partial charge in [0.05, 0.1) is 0 Å². The Morgan fingerprint density at radius 1 is 0.833 bits per heavy atom. The van der Waals surface area contributed by atoms with Crippen LogP contribution in [0.4, 0.5) is 5.69 Å². The summed E-state index contributed by atoms with van der Waals surface area (Å²) in [6.45, 7) is 0.485. The first-order valence-electron chi connectivity index (χ1n) is 9.88. The van der Waals surface area contributed by atoms with E-state index in [0.717, 1.165) is 11.1 Å². The Bertz CT molecular complexity index is 966. The summed E-state index contributed by atoms with van der Waals surface area (Å²) in [6, 6.07) is 24.6. The number of ether oxygens (including phenoxy) is 1. The lowest BCUT2D eigenvalue weighted by Gasteiger charge is -2.10. The molecule has 0 aromatic heterocycles. The van der Waals surface area contributed by atoms with Gasteiger partial charge in [-0.1, -0.05) is 42.5 Å². The third kappa shape index (κ3) is 6.21. The second-order valence-electron chi connectivity index (χ2n) is 7.24. The zero-order valence-electron chi connectivity index (χ0n) is 17.3. The van der Waals surface area contributed by atoms with Gasteiger partial charge in [0, 0.05) is 31.8 Å². The maximum absolute atomic E-state index is 12.5. The van der Waals surface area contributed by atoms with E-state index in [9.17, 15) is 9.59 Å². The van der Waals surface area contributed by atoms with E-state index in [1.807, 2.05) is 54.6 Å². The molecule has 2 amide bonds. The van der Waals surface area contributed by atoms with Crippen LogP contribution in [0, 0.1) is 0 Å². The number of carbonyl (C=O) groups excluding carboxylic acids is 2. The van der Waals surface area contributed by atoms with Gasteiger partial charge < -0.3 is 15.0 Å². The summed E-state index contributed by atoms with van der Waals surface area (Å²) < 4.78 is 5.75. The van der Waals surface area contributed by atoms with Crippen LogP contribution in [0.25, 0.3) is 0 Å². The van der Waals surface area contributed by atoms with Crippen LogP contribution in [-0.2, 0) is 17.8 Å². The first kappa shape index (κ1) is 21.1. The van der Waals surface area contributed by atoms with Crippen LogP contribution in [0.1, 0.15) is 27.9 Å². The maximum atomic E-state index is 12.5. The molecule has 0 saturated heterocycles. The number of hydrogen-bond donors (Lipinski definition) is 1. The first-order valence-corrected chi connectivity index (χ1v) is 9.88. The zero-order chi connectivity index (χ0) is 21.3. The number of nitrogens with zero attached hydrogens (tertiary/aromatic N) is 1. The van der Waals surface area contributed by atoms with Gasteiger partial charge in [-0.3, -0.25) is 9.59 Å². The molecule has 5 heteroatoms. The first-order chi connectivity index (χ1) is 14.5. The molecule has 0 radical (unpaired) electrons. The maximum Gasteiger partial charge on any atom is 0.255 e. The Morgan fingerprint density at radius 2 is 1.50 bits per heavy atom. The highest BCUT2D eigenvalue weighted by Gasteiger charge is 2.08. The highest BCUT2D eigenvalue weighted by molar-refractivity contribution is 6.04. The molecule has 0 fully saturated rings. The average Bonchev–Trinajstić information content (AvgIpc) is 2.78. The topological polar surface area (TPSA) is 58.6 Å². The normalized spacial score (nSPS) is 10.3. The summed E-state index contributed by atoms with van der Waals surface area (Å²) in [6.07, 6.45) is 1.15. The molecular formula is C25H26N2O3. The van der Waals surface area contributed by atoms with Crippen molar-refractivity contribution >= 4 is 17.5 Å². The van der Waals surface area contributed by atoms with Crippen LogP contribution in [0.15, 0.2) is 78.9 Å². The second kappa shape index (κ2) is 10.3. The summed E-state index contributed by atoms with van der Waals surface area (Å²) in [7, 11) is 3.51. The van der Waals surface area contributed by atoms with E-state index in [-0.39, 0.29) is 11.8 Å². The summed E-state index contributed by atoms with van der Waals surface area (Å²) >= 11 is 0. The van der Waals surface area contributed by atoms with E-state index in [2.05, 4.69) is 5.32 Å². The molecule has 3 aromatic carbocycles. The highest BCUT2D eigenvalue weighted by Crippen LogP contribution is 2.17. The molecule has 0 bridgehead atoms. The third-order valence-electron chi connectivity index (χ3n) is 4.70. The molecule has 0 aliphatic rings. The lowest BCUT2D eigenvalue weighted by Crippen LogP contribution is -2.21. The largest absolute Gasteiger partial charge is 0.489 e. The van der Waals surface area contributed by atoms with Crippen molar-refractivity contribution in [1.82, 2.24) is 4.90 Å². The van der Waals surface area contributed by atoms with Crippen molar-refractivity contribution in [2.75, 3.05) is 19.4 Å². The Labute approximate surface area is 177 Å². The van der Waals surface area contributed by atoms with Gasteiger partial charge in [0.1, 0.15) is 12.4 Å². The van der Waals surface area contributed by atoms with Gasteiger partial charge >= 0.3 is 0 Å². The fraction of sp³-hybridized carbons (Fsp3) is 0.200. The van der Waals surface area contributed by atoms with Gasteiger partial charge in [0.2, 0.25) is 5.91 Å². The minimum Gasteiger partial charge on any atom is -0.489 e. The Kier molecular flexibility index (Phi) is 7.22. The fourth-order valence-electron chi connectivity index (χ4n) is 2.88. The molecule has 0 saturated carbocycles. The molecule has 1 N–H and O–H groups in total. The van der Waals surface area contributed by atoms with E-state index in [4.69, 9.17) is 4.74 Å². The number of amides is 2. The third-order valence-corrected chi connectivity index (χ3v) is 4.70. The lowest BCUT2D eigenvalue weighted by molar-refractivity contribution is -0.128. The highest BCUT2D eigenvalue weighted by atomic mass is 16.5. The number of anilines is 1. The van der Waals surface area contributed by atoms with Gasteiger partial charge in [-0.2, -0.15) is 0 Å². The Hall–Kier alpha value is -3.60. The quantitative estimate of drug-likeness (QED) is 0.602. The predicted octanol–water partition coefficient (Wildman–Crippen LogP) is 4.54. The summed E-state index contributed by atoms with van der Waals surface area (Å²) in [4.78, 5) is 25.8. The van der Waals surface area contributed by atoms with E-state index in [1.165, 1.54) is 0 Å². The summed E-state index contributed by atoms with van der Waals surface area (Å²) in [5.74, 6) is 0.635. The molecule has 0 unspecified atom stereocenters. The molecule has 0 heterocycles. The van der Waals surface area contributed by atoms with Crippen LogP contribution in [-0.4, -0.2) is 30.8 Å². The van der Waals surface area contributed by atoms with Crippen molar-refractivity contribution in [2.45, 2.75) is 19.4 Å². The molecule has 154 valence electrons. The van der Waals surface area contributed by atoms with Gasteiger partial charge in [0.15, 0.2) is 0 Å². The molecule has 0 aliphatic heterocycles. The van der Waals surface area contributed by atoms with E-state index < -0.39 is 0 Å². The summed E-state index contributed by atoms with van der Waals surface area (Å²) in [5.41, 5.74) is 3.42. The Balaban J connectivity index is 1.51. The van der Waals surface area contributed by atoms with E-state index >= 15 is 0 Å². The monoisotopic (exact) mass is 402 g/mol. The van der Waals surface area contributed by atoms with Gasteiger partial charge in [-0.15, -0.1) is 0 Å². The van der Waals surface area contributed by atoms with Crippen LogP contribution < -0.4 is 10.1 Å². The SMILES string of the molecule is CN(C)C(=O)CCc1ccc(NC(=O)c2ccc(OCc3ccccc3)cc2)cc1. The molecule has 0 spiro atoms. The lowest BCUT2D eigenvalue weighted by atomic mass is 10.1. The van der Waals surface area contributed by atoms with Crippen molar-refractivity contribution < 1.29 is 14.3 Å². The van der Waals surface area contributed by atoms with Crippen molar-refractivity contribution in [2.24, 2.45) is 0 Å². The molecule has 30 heavy (non-hydrogen) atoms. The molecule has 5 nitrogen and oxygen atoms in total. The van der Waals surface area contributed by atoms with Crippen LogP contribution in [0.5, 0.6) is 5.75 Å². The molecule has 3 aromatic rings. The van der Waals surface area contributed by atoms with Crippen LogP contribution in [0.3, 0.4) is 0 Å². The molecule has 0 atom stereocenters. The number of nitrogens with one attached hydrogen (secondary N) is 1. The smallest absolute Gasteiger partial charge is 0.255 e. The van der Waals surface area contributed by atoms with Crippen molar-refractivity contribution in [1.29, 1.82) is 0 Å². The van der Waals surface area contributed by atoms with Crippen molar-refractivity contribution in [3.63, 3.8) is 0 Å². The predicted molar refractivity (Wildman–Crippen MR) is 119 cm³/mol.